The van der Waals surface area contributed by atoms with Gasteiger partial charge in [0, 0.05) is 24.3 Å². The highest BCUT2D eigenvalue weighted by Crippen LogP contribution is 2.22. The largest absolute Gasteiger partial charge is 0.497 e. The second-order valence-corrected chi connectivity index (χ2v) is 7.16. The van der Waals surface area contributed by atoms with Gasteiger partial charge >= 0.3 is 0 Å². The summed E-state index contributed by atoms with van der Waals surface area (Å²) in [5.41, 5.74) is 2.03. The van der Waals surface area contributed by atoms with Gasteiger partial charge in [-0.1, -0.05) is 41.9 Å². The van der Waals surface area contributed by atoms with E-state index in [4.69, 9.17) is 20.8 Å². The van der Waals surface area contributed by atoms with Crippen LogP contribution in [0.3, 0.4) is 0 Å². The van der Waals surface area contributed by atoms with E-state index in [1.807, 2.05) is 55.5 Å². The summed E-state index contributed by atoms with van der Waals surface area (Å²) < 4.78 is 10.9. The lowest BCUT2D eigenvalue weighted by atomic mass is 10.1. The van der Waals surface area contributed by atoms with Crippen LogP contribution in [0.2, 0.25) is 5.02 Å². The molecule has 3 aromatic rings. The van der Waals surface area contributed by atoms with E-state index in [0.29, 0.717) is 29.6 Å². The van der Waals surface area contributed by atoms with Crippen molar-refractivity contribution in [2.24, 2.45) is 0 Å². The Morgan fingerprint density at radius 2 is 1.86 bits per heavy atom. The molecule has 0 aliphatic heterocycles. The normalized spacial score (nSPS) is 11.8. The predicted molar refractivity (Wildman–Crippen MR) is 111 cm³/mol. The summed E-state index contributed by atoms with van der Waals surface area (Å²) in [5, 5.41) is 11.7. The third kappa shape index (κ3) is 6.06. The summed E-state index contributed by atoms with van der Waals surface area (Å²) in [7, 11) is 1.65. The average molecular weight is 414 g/mol. The zero-order valence-corrected chi connectivity index (χ0v) is 17.3. The molecule has 1 amide bonds. The maximum atomic E-state index is 12.2. The van der Waals surface area contributed by atoms with Crippen LogP contribution in [-0.2, 0) is 24.1 Å². The number of benzene rings is 2. The Morgan fingerprint density at radius 1 is 1.10 bits per heavy atom. The van der Waals surface area contributed by atoms with Crippen molar-refractivity contribution in [2.75, 3.05) is 7.11 Å². The molecule has 152 valence electrons. The molecule has 1 heterocycles. The van der Waals surface area contributed by atoms with Crippen molar-refractivity contribution in [3.05, 3.63) is 76.5 Å². The van der Waals surface area contributed by atoms with Crippen LogP contribution < -0.4 is 10.1 Å². The molecule has 6 nitrogen and oxygen atoms in total. The van der Waals surface area contributed by atoms with Crippen LogP contribution in [0.25, 0.3) is 0 Å². The fourth-order valence-electron chi connectivity index (χ4n) is 3.01. The molecule has 0 aliphatic carbocycles. The lowest BCUT2D eigenvalue weighted by molar-refractivity contribution is -0.121. The van der Waals surface area contributed by atoms with E-state index in [1.165, 1.54) is 0 Å². The van der Waals surface area contributed by atoms with Crippen molar-refractivity contribution < 1.29 is 13.9 Å². The molecule has 1 atom stereocenters. The summed E-state index contributed by atoms with van der Waals surface area (Å²) in [6, 6.07) is 15.2. The maximum Gasteiger partial charge on any atom is 0.220 e. The number of halogens is 1. The molecule has 29 heavy (non-hydrogen) atoms. The fraction of sp³-hybridized carbons (Fsp3) is 0.318. The lowest BCUT2D eigenvalue weighted by Crippen LogP contribution is -2.27. The SMILES string of the molecule is COc1cccc(CCc2nnc(CCC(=O)N[C@H](C)c3ccccc3Cl)o2)c1. The van der Waals surface area contributed by atoms with Crippen LogP contribution in [0.4, 0.5) is 0 Å². The van der Waals surface area contributed by atoms with Crippen LogP contribution in [0.1, 0.15) is 42.3 Å². The third-order valence-corrected chi connectivity index (χ3v) is 4.93. The van der Waals surface area contributed by atoms with Crippen LogP contribution >= 0.6 is 11.6 Å². The first-order valence-electron chi connectivity index (χ1n) is 9.53. The Bertz CT molecular complexity index is 958. The minimum Gasteiger partial charge on any atom is -0.497 e. The Labute approximate surface area is 175 Å². The molecule has 0 radical (unpaired) electrons. The molecular formula is C22H24ClN3O3. The van der Waals surface area contributed by atoms with E-state index < -0.39 is 0 Å². The molecule has 7 heteroatoms. The van der Waals surface area contributed by atoms with Gasteiger partial charge in [-0.3, -0.25) is 4.79 Å². The first-order valence-corrected chi connectivity index (χ1v) is 9.91. The number of methoxy groups -OCH3 is 1. The van der Waals surface area contributed by atoms with Gasteiger partial charge in [0.25, 0.3) is 0 Å². The molecule has 0 unspecified atom stereocenters. The van der Waals surface area contributed by atoms with Gasteiger partial charge in [0.2, 0.25) is 17.7 Å². The highest BCUT2D eigenvalue weighted by atomic mass is 35.5. The molecule has 0 spiro atoms. The molecule has 0 aliphatic rings. The number of aryl methyl sites for hydroxylation is 3. The zero-order chi connectivity index (χ0) is 20.6. The van der Waals surface area contributed by atoms with Crippen molar-refractivity contribution in [3.8, 4) is 5.75 Å². The number of amides is 1. The predicted octanol–water partition coefficient (Wildman–Crippen LogP) is 4.33. The molecular weight excluding hydrogens is 390 g/mol. The second kappa shape index (κ2) is 10.1. The summed E-state index contributed by atoms with van der Waals surface area (Å²) >= 11 is 6.18. The van der Waals surface area contributed by atoms with Gasteiger partial charge < -0.3 is 14.5 Å². The molecule has 0 bridgehead atoms. The van der Waals surface area contributed by atoms with E-state index >= 15 is 0 Å². The van der Waals surface area contributed by atoms with Crippen molar-refractivity contribution >= 4 is 17.5 Å². The first kappa shape index (κ1) is 20.9. The van der Waals surface area contributed by atoms with Crippen molar-refractivity contribution in [2.45, 2.75) is 38.6 Å². The number of ether oxygens (including phenoxy) is 1. The number of aromatic nitrogens is 2. The van der Waals surface area contributed by atoms with E-state index in [1.54, 1.807) is 7.11 Å². The Balaban J connectivity index is 1.46. The molecule has 0 saturated heterocycles. The van der Waals surface area contributed by atoms with Crippen LogP contribution in [0, 0.1) is 0 Å². The zero-order valence-electron chi connectivity index (χ0n) is 16.5. The molecule has 2 aromatic carbocycles. The summed E-state index contributed by atoms with van der Waals surface area (Å²) in [6.07, 6.45) is 2.07. The standard InChI is InChI=1S/C22H24ClN3O3/c1-15(18-8-3-4-9-19(18)23)24-20(27)11-13-22-26-25-21(29-22)12-10-16-6-5-7-17(14-16)28-2/h3-9,14-15H,10-13H2,1-2H3,(H,24,27)/t15-/m1/s1. The van der Waals surface area contributed by atoms with Crippen molar-refractivity contribution in [1.82, 2.24) is 15.5 Å². The Hall–Kier alpha value is -2.86. The molecule has 3 rings (SSSR count). The van der Waals surface area contributed by atoms with Crippen LogP contribution in [0.15, 0.2) is 52.9 Å². The third-order valence-electron chi connectivity index (χ3n) is 4.59. The quantitative estimate of drug-likeness (QED) is 0.565. The number of carbonyl (C=O) groups excluding carboxylic acids is 1. The number of rotatable bonds is 9. The minimum atomic E-state index is -0.169. The average Bonchev–Trinajstić information content (AvgIpc) is 3.19. The second-order valence-electron chi connectivity index (χ2n) is 6.75. The highest BCUT2D eigenvalue weighted by molar-refractivity contribution is 6.31. The monoisotopic (exact) mass is 413 g/mol. The van der Waals surface area contributed by atoms with Gasteiger partial charge in [-0.25, -0.2) is 0 Å². The van der Waals surface area contributed by atoms with Crippen molar-refractivity contribution in [3.63, 3.8) is 0 Å². The van der Waals surface area contributed by atoms with E-state index in [-0.39, 0.29) is 18.4 Å². The van der Waals surface area contributed by atoms with Gasteiger partial charge in [-0.05, 0) is 42.7 Å². The van der Waals surface area contributed by atoms with Crippen LogP contribution in [-0.4, -0.2) is 23.2 Å². The van der Waals surface area contributed by atoms with Gasteiger partial charge in [0.15, 0.2) is 0 Å². The number of hydrogen-bond acceptors (Lipinski definition) is 5. The Morgan fingerprint density at radius 3 is 2.62 bits per heavy atom. The Kier molecular flexibility index (Phi) is 7.25. The summed E-state index contributed by atoms with van der Waals surface area (Å²) in [6.45, 7) is 1.91. The number of carbonyl (C=O) groups is 1. The van der Waals surface area contributed by atoms with E-state index in [2.05, 4.69) is 15.5 Å². The highest BCUT2D eigenvalue weighted by Gasteiger charge is 2.14. The fourth-order valence-corrected chi connectivity index (χ4v) is 3.31. The molecule has 1 aromatic heterocycles. The van der Waals surface area contributed by atoms with E-state index in [9.17, 15) is 4.79 Å². The van der Waals surface area contributed by atoms with E-state index in [0.717, 1.165) is 23.3 Å². The number of nitrogens with one attached hydrogen (secondary N) is 1. The first-order chi connectivity index (χ1) is 14.0. The topological polar surface area (TPSA) is 77.2 Å². The van der Waals surface area contributed by atoms with Crippen molar-refractivity contribution in [1.29, 1.82) is 0 Å². The number of nitrogens with zero attached hydrogens (tertiary/aromatic N) is 2. The minimum absolute atomic E-state index is 0.0893. The van der Waals surface area contributed by atoms with Gasteiger partial charge in [-0.2, -0.15) is 0 Å². The summed E-state index contributed by atoms with van der Waals surface area (Å²) in [5.74, 6) is 1.76. The smallest absolute Gasteiger partial charge is 0.220 e. The molecule has 0 saturated carbocycles. The number of hydrogen-bond donors (Lipinski definition) is 1. The van der Waals surface area contributed by atoms with Gasteiger partial charge in [0.05, 0.1) is 13.2 Å². The lowest BCUT2D eigenvalue weighted by Gasteiger charge is -2.15. The van der Waals surface area contributed by atoms with Gasteiger partial charge in [-0.15, -0.1) is 10.2 Å². The molecule has 1 N–H and O–H groups in total. The summed E-state index contributed by atoms with van der Waals surface area (Å²) in [4.78, 5) is 12.2. The van der Waals surface area contributed by atoms with Gasteiger partial charge in [0.1, 0.15) is 5.75 Å². The maximum absolute atomic E-state index is 12.2. The molecule has 0 fully saturated rings. The van der Waals surface area contributed by atoms with Crippen LogP contribution in [0.5, 0.6) is 5.75 Å².